The minimum atomic E-state index is -0.544. The van der Waals surface area contributed by atoms with E-state index >= 15 is 0 Å². The van der Waals surface area contributed by atoms with Crippen LogP contribution in [0.1, 0.15) is 28.5 Å². The Labute approximate surface area is 139 Å². The maximum atomic E-state index is 12.1. The Morgan fingerprint density at radius 3 is 2.83 bits per heavy atom. The Morgan fingerprint density at radius 2 is 2.17 bits per heavy atom. The molecule has 0 bridgehead atoms. The van der Waals surface area contributed by atoms with Gasteiger partial charge in [0.15, 0.2) is 0 Å². The number of carbonyl (C=O) groups is 2. The standard InChI is InChI=1S/C17H19N3O4/c1-3-24-17(22)20-7-6-14-12(9-20)15(16(18)21)11-8-10(23-2)4-5-13(11)19-14/h4-5,8H,3,6-7,9H2,1-2H3,(H2,18,21). The number of benzene rings is 1. The predicted molar refractivity (Wildman–Crippen MR) is 87.9 cm³/mol. The molecule has 1 aromatic carbocycles. The highest BCUT2D eigenvalue weighted by molar-refractivity contribution is 6.07. The predicted octanol–water partition coefficient (Wildman–Crippen LogP) is 1.86. The van der Waals surface area contributed by atoms with Gasteiger partial charge in [0.25, 0.3) is 0 Å². The van der Waals surface area contributed by atoms with E-state index in [0.29, 0.717) is 47.4 Å². The van der Waals surface area contributed by atoms with Crippen LogP contribution in [0.4, 0.5) is 4.79 Å². The molecule has 0 aliphatic carbocycles. The monoisotopic (exact) mass is 329 g/mol. The first-order chi connectivity index (χ1) is 11.5. The topological polar surface area (TPSA) is 94.8 Å². The molecule has 0 saturated heterocycles. The summed E-state index contributed by atoms with van der Waals surface area (Å²) in [5, 5.41) is 0.631. The van der Waals surface area contributed by atoms with Gasteiger partial charge >= 0.3 is 6.09 Å². The van der Waals surface area contributed by atoms with Crippen molar-refractivity contribution in [2.24, 2.45) is 5.73 Å². The van der Waals surface area contributed by atoms with E-state index in [0.717, 1.165) is 5.69 Å². The van der Waals surface area contributed by atoms with Crippen molar-refractivity contribution in [3.63, 3.8) is 0 Å². The molecule has 1 aromatic heterocycles. The van der Waals surface area contributed by atoms with Crippen LogP contribution in [0.15, 0.2) is 18.2 Å². The Kier molecular flexibility index (Phi) is 4.24. The van der Waals surface area contributed by atoms with E-state index in [2.05, 4.69) is 4.98 Å². The SMILES string of the molecule is CCOC(=O)N1CCc2nc3ccc(OC)cc3c(C(N)=O)c2C1. The Balaban J connectivity index is 2.14. The van der Waals surface area contributed by atoms with Gasteiger partial charge in [-0.3, -0.25) is 9.78 Å². The van der Waals surface area contributed by atoms with Gasteiger partial charge in [-0.2, -0.15) is 0 Å². The third kappa shape index (κ3) is 2.73. The minimum Gasteiger partial charge on any atom is -0.497 e. The van der Waals surface area contributed by atoms with Crippen LogP contribution in [0, 0.1) is 0 Å². The van der Waals surface area contributed by atoms with Gasteiger partial charge in [0, 0.05) is 29.6 Å². The fourth-order valence-electron chi connectivity index (χ4n) is 3.00. The summed E-state index contributed by atoms with van der Waals surface area (Å²) in [5.41, 5.74) is 8.19. The zero-order valence-electron chi connectivity index (χ0n) is 13.7. The Bertz CT molecular complexity index is 819. The van der Waals surface area contributed by atoms with E-state index in [-0.39, 0.29) is 6.54 Å². The lowest BCUT2D eigenvalue weighted by atomic mass is 9.95. The van der Waals surface area contributed by atoms with Crippen molar-refractivity contribution in [3.05, 3.63) is 35.0 Å². The van der Waals surface area contributed by atoms with E-state index in [1.165, 1.54) is 0 Å². The van der Waals surface area contributed by atoms with Crippen molar-refractivity contribution in [2.75, 3.05) is 20.3 Å². The van der Waals surface area contributed by atoms with Crippen molar-refractivity contribution < 1.29 is 19.1 Å². The van der Waals surface area contributed by atoms with Crippen LogP contribution in [0.25, 0.3) is 10.9 Å². The highest BCUT2D eigenvalue weighted by Gasteiger charge is 2.28. The quantitative estimate of drug-likeness (QED) is 0.927. The first kappa shape index (κ1) is 16.0. The second-order valence-electron chi connectivity index (χ2n) is 5.53. The van der Waals surface area contributed by atoms with Crippen molar-refractivity contribution in [3.8, 4) is 5.75 Å². The van der Waals surface area contributed by atoms with Gasteiger partial charge in [-0.1, -0.05) is 0 Å². The van der Waals surface area contributed by atoms with Gasteiger partial charge in [0.1, 0.15) is 5.75 Å². The lowest BCUT2D eigenvalue weighted by Gasteiger charge is -2.29. The third-order valence-electron chi connectivity index (χ3n) is 4.12. The number of fused-ring (bicyclic) bond motifs is 2. The number of methoxy groups -OCH3 is 1. The van der Waals surface area contributed by atoms with E-state index in [9.17, 15) is 9.59 Å². The van der Waals surface area contributed by atoms with Gasteiger partial charge in [-0.15, -0.1) is 0 Å². The van der Waals surface area contributed by atoms with Crippen LogP contribution in [0.3, 0.4) is 0 Å². The van der Waals surface area contributed by atoms with E-state index < -0.39 is 12.0 Å². The van der Waals surface area contributed by atoms with E-state index in [1.54, 1.807) is 37.1 Å². The van der Waals surface area contributed by atoms with Crippen molar-refractivity contribution >= 4 is 22.9 Å². The normalized spacial score (nSPS) is 13.5. The second-order valence-corrected chi connectivity index (χ2v) is 5.53. The molecule has 0 radical (unpaired) electrons. The fraction of sp³-hybridized carbons (Fsp3) is 0.353. The zero-order valence-corrected chi connectivity index (χ0v) is 13.7. The van der Waals surface area contributed by atoms with Crippen molar-refractivity contribution in [2.45, 2.75) is 19.9 Å². The number of aromatic nitrogens is 1. The van der Waals surface area contributed by atoms with Gasteiger partial charge in [0.05, 0.1) is 31.3 Å². The maximum Gasteiger partial charge on any atom is 0.410 e. The number of rotatable bonds is 3. The van der Waals surface area contributed by atoms with Gasteiger partial charge in [0.2, 0.25) is 5.91 Å². The van der Waals surface area contributed by atoms with Crippen molar-refractivity contribution in [1.82, 2.24) is 9.88 Å². The molecule has 2 amide bonds. The number of primary amides is 1. The number of hydrogen-bond donors (Lipinski definition) is 1. The number of nitrogens with zero attached hydrogens (tertiary/aromatic N) is 2. The molecule has 126 valence electrons. The van der Waals surface area contributed by atoms with Gasteiger partial charge in [-0.25, -0.2) is 4.79 Å². The lowest BCUT2D eigenvalue weighted by molar-refractivity contribution is 0.0973. The summed E-state index contributed by atoms with van der Waals surface area (Å²) in [5.74, 6) is 0.0717. The first-order valence-corrected chi connectivity index (χ1v) is 7.76. The number of nitrogens with two attached hydrogens (primary N) is 1. The van der Waals surface area contributed by atoms with Crippen LogP contribution in [-0.4, -0.2) is 42.1 Å². The first-order valence-electron chi connectivity index (χ1n) is 7.76. The van der Waals surface area contributed by atoms with Crippen LogP contribution in [0.2, 0.25) is 0 Å². The third-order valence-corrected chi connectivity index (χ3v) is 4.12. The average molecular weight is 329 g/mol. The number of ether oxygens (including phenoxy) is 2. The van der Waals surface area contributed by atoms with Crippen LogP contribution >= 0.6 is 0 Å². The van der Waals surface area contributed by atoms with Crippen LogP contribution in [-0.2, 0) is 17.7 Å². The molecular formula is C17H19N3O4. The molecule has 2 N–H and O–H groups in total. The molecule has 1 aliphatic heterocycles. The maximum absolute atomic E-state index is 12.1. The van der Waals surface area contributed by atoms with E-state index in [4.69, 9.17) is 15.2 Å². The summed E-state index contributed by atoms with van der Waals surface area (Å²) >= 11 is 0. The number of pyridine rings is 1. The molecular weight excluding hydrogens is 310 g/mol. The summed E-state index contributed by atoms with van der Waals surface area (Å²) in [4.78, 5) is 30.3. The smallest absolute Gasteiger partial charge is 0.410 e. The molecule has 0 unspecified atom stereocenters. The summed E-state index contributed by atoms with van der Waals surface area (Å²) in [6.07, 6.45) is 0.153. The fourth-order valence-corrected chi connectivity index (χ4v) is 3.00. The van der Waals surface area contributed by atoms with E-state index in [1.807, 2.05) is 0 Å². The van der Waals surface area contributed by atoms with Gasteiger partial charge < -0.3 is 20.1 Å². The number of amides is 2. The molecule has 24 heavy (non-hydrogen) atoms. The summed E-state index contributed by atoms with van der Waals surface area (Å²) in [6, 6.07) is 5.34. The molecule has 3 rings (SSSR count). The molecule has 0 spiro atoms. The molecule has 0 fully saturated rings. The largest absolute Gasteiger partial charge is 0.497 e. The molecule has 1 aliphatic rings. The molecule has 0 atom stereocenters. The summed E-state index contributed by atoms with van der Waals surface area (Å²) in [7, 11) is 1.55. The molecule has 0 saturated carbocycles. The molecule has 7 heteroatoms. The summed E-state index contributed by atoms with van der Waals surface area (Å²) < 4.78 is 10.3. The Hall–Kier alpha value is -2.83. The van der Waals surface area contributed by atoms with Crippen LogP contribution in [0.5, 0.6) is 5.75 Å². The number of hydrogen-bond acceptors (Lipinski definition) is 5. The lowest BCUT2D eigenvalue weighted by Crippen LogP contribution is -2.38. The highest BCUT2D eigenvalue weighted by atomic mass is 16.6. The molecule has 2 heterocycles. The minimum absolute atomic E-state index is 0.257. The molecule has 2 aromatic rings. The number of carbonyl (C=O) groups excluding carboxylic acids is 2. The van der Waals surface area contributed by atoms with Gasteiger partial charge in [-0.05, 0) is 25.1 Å². The molecule has 7 nitrogen and oxygen atoms in total. The summed E-state index contributed by atoms with van der Waals surface area (Å²) in [6.45, 7) is 2.81. The van der Waals surface area contributed by atoms with Crippen LogP contribution < -0.4 is 10.5 Å². The highest BCUT2D eigenvalue weighted by Crippen LogP contribution is 2.30. The average Bonchev–Trinajstić information content (AvgIpc) is 2.58. The Morgan fingerprint density at radius 1 is 1.38 bits per heavy atom. The zero-order chi connectivity index (χ0) is 17.3. The second kappa shape index (κ2) is 6.35. The van der Waals surface area contributed by atoms with Crippen molar-refractivity contribution in [1.29, 1.82) is 0 Å².